The van der Waals surface area contributed by atoms with Crippen LogP contribution in [-0.2, 0) is 13.6 Å². The number of rotatable bonds is 4. The van der Waals surface area contributed by atoms with Gasteiger partial charge in [-0.05, 0) is 31.9 Å². The first-order valence-corrected chi connectivity index (χ1v) is 6.95. The quantitative estimate of drug-likeness (QED) is 0.886. The highest BCUT2D eigenvalue weighted by Crippen LogP contribution is 2.36. The highest BCUT2D eigenvalue weighted by Gasteiger charge is 2.37. The second-order valence-corrected chi connectivity index (χ2v) is 5.97. The van der Waals surface area contributed by atoms with Crippen molar-refractivity contribution in [2.24, 2.45) is 18.7 Å². The van der Waals surface area contributed by atoms with Gasteiger partial charge in [0.05, 0.1) is 5.69 Å². The minimum absolute atomic E-state index is 0.176. The van der Waals surface area contributed by atoms with Gasteiger partial charge in [-0.15, -0.1) is 0 Å². The summed E-state index contributed by atoms with van der Waals surface area (Å²) in [5.74, 6) is 0.786. The predicted octanol–water partition coefficient (Wildman–Crippen LogP) is 1.76. The fourth-order valence-corrected chi connectivity index (χ4v) is 3.28. The molecule has 0 amide bonds. The van der Waals surface area contributed by atoms with Crippen molar-refractivity contribution in [1.82, 2.24) is 14.7 Å². The second-order valence-electron chi connectivity index (χ2n) is 5.97. The highest BCUT2D eigenvalue weighted by molar-refractivity contribution is 5.02. The lowest BCUT2D eigenvalue weighted by atomic mass is 9.75. The summed E-state index contributed by atoms with van der Waals surface area (Å²) < 4.78 is 1.86. The Morgan fingerprint density at radius 1 is 1.61 bits per heavy atom. The minimum Gasteiger partial charge on any atom is -0.329 e. The molecule has 4 nitrogen and oxygen atoms in total. The van der Waals surface area contributed by atoms with E-state index < -0.39 is 0 Å². The molecular formula is C14H26N4. The number of aromatic nitrogens is 2. The molecule has 102 valence electrons. The third kappa shape index (κ3) is 2.75. The number of hydrogen-bond acceptors (Lipinski definition) is 3. The number of nitrogens with two attached hydrogens (primary N) is 1. The van der Waals surface area contributed by atoms with Crippen LogP contribution < -0.4 is 5.73 Å². The van der Waals surface area contributed by atoms with E-state index in [4.69, 9.17) is 5.73 Å². The van der Waals surface area contributed by atoms with E-state index in [-0.39, 0.29) is 5.54 Å². The van der Waals surface area contributed by atoms with Crippen LogP contribution in [0.25, 0.3) is 0 Å². The number of likely N-dealkylation sites (N-methyl/N-ethyl adjacent to an activating group) is 1. The molecule has 1 saturated carbocycles. The van der Waals surface area contributed by atoms with E-state index in [9.17, 15) is 0 Å². The van der Waals surface area contributed by atoms with Gasteiger partial charge < -0.3 is 5.73 Å². The van der Waals surface area contributed by atoms with Crippen molar-refractivity contribution in [2.75, 3.05) is 13.6 Å². The molecule has 2 atom stereocenters. The first-order valence-electron chi connectivity index (χ1n) is 6.95. The van der Waals surface area contributed by atoms with Gasteiger partial charge in [-0.2, -0.15) is 5.10 Å². The third-order valence-electron chi connectivity index (χ3n) is 4.43. The molecule has 0 aliphatic heterocycles. The molecule has 1 aliphatic carbocycles. The van der Waals surface area contributed by atoms with E-state index in [2.05, 4.69) is 30.0 Å². The third-order valence-corrected chi connectivity index (χ3v) is 4.43. The fraction of sp³-hybridized carbons (Fsp3) is 0.786. The lowest BCUT2D eigenvalue weighted by Gasteiger charge is -2.46. The average Bonchev–Trinajstić information content (AvgIpc) is 2.74. The van der Waals surface area contributed by atoms with Crippen molar-refractivity contribution in [3.05, 3.63) is 18.0 Å². The Labute approximate surface area is 110 Å². The van der Waals surface area contributed by atoms with Crippen molar-refractivity contribution in [3.8, 4) is 0 Å². The number of hydrogen-bond donors (Lipinski definition) is 1. The number of nitrogens with zero attached hydrogens (tertiary/aromatic N) is 3. The van der Waals surface area contributed by atoms with Gasteiger partial charge in [-0.25, -0.2) is 0 Å². The zero-order chi connectivity index (χ0) is 13.2. The molecule has 4 heteroatoms. The minimum atomic E-state index is 0.176. The SMILES string of the molecule is CC1CCCC(CN)(N(C)Cc2ccn(C)n2)C1. The molecule has 0 saturated heterocycles. The van der Waals surface area contributed by atoms with E-state index in [1.165, 1.54) is 25.7 Å². The van der Waals surface area contributed by atoms with Gasteiger partial charge in [-0.1, -0.05) is 19.8 Å². The van der Waals surface area contributed by atoms with E-state index in [1.807, 2.05) is 17.9 Å². The van der Waals surface area contributed by atoms with Crippen LogP contribution >= 0.6 is 0 Å². The Balaban J connectivity index is 2.07. The van der Waals surface area contributed by atoms with Crippen LogP contribution in [0, 0.1) is 5.92 Å². The normalized spacial score (nSPS) is 28.8. The molecule has 1 aromatic heterocycles. The largest absolute Gasteiger partial charge is 0.329 e. The summed E-state index contributed by atoms with van der Waals surface area (Å²) in [6, 6.07) is 2.09. The topological polar surface area (TPSA) is 47.1 Å². The van der Waals surface area contributed by atoms with Crippen LogP contribution in [0.4, 0.5) is 0 Å². The maximum Gasteiger partial charge on any atom is 0.0764 e. The summed E-state index contributed by atoms with van der Waals surface area (Å²) in [5.41, 5.74) is 7.40. The summed E-state index contributed by atoms with van der Waals surface area (Å²) in [6.07, 6.45) is 7.08. The molecule has 1 aliphatic rings. The van der Waals surface area contributed by atoms with Gasteiger partial charge in [0.2, 0.25) is 0 Å². The monoisotopic (exact) mass is 250 g/mol. The zero-order valence-corrected chi connectivity index (χ0v) is 11.9. The summed E-state index contributed by atoms with van der Waals surface area (Å²) in [6.45, 7) is 3.99. The molecule has 0 spiro atoms. The number of aryl methyl sites for hydroxylation is 1. The second kappa shape index (κ2) is 5.41. The lowest BCUT2D eigenvalue weighted by Crippen LogP contribution is -2.54. The summed E-state index contributed by atoms with van der Waals surface area (Å²) >= 11 is 0. The highest BCUT2D eigenvalue weighted by atomic mass is 15.3. The lowest BCUT2D eigenvalue weighted by molar-refractivity contribution is 0.0544. The van der Waals surface area contributed by atoms with Crippen LogP contribution in [0.5, 0.6) is 0 Å². The van der Waals surface area contributed by atoms with Gasteiger partial charge in [0.15, 0.2) is 0 Å². The Morgan fingerprint density at radius 2 is 2.39 bits per heavy atom. The van der Waals surface area contributed by atoms with Crippen LogP contribution in [-0.4, -0.2) is 33.8 Å². The Hall–Kier alpha value is -0.870. The van der Waals surface area contributed by atoms with E-state index in [1.54, 1.807) is 0 Å². The van der Waals surface area contributed by atoms with Gasteiger partial charge in [0, 0.05) is 31.9 Å². The smallest absolute Gasteiger partial charge is 0.0764 e. The molecule has 2 N–H and O–H groups in total. The maximum absolute atomic E-state index is 6.09. The molecule has 1 aromatic rings. The van der Waals surface area contributed by atoms with Gasteiger partial charge in [0.1, 0.15) is 0 Å². The zero-order valence-electron chi connectivity index (χ0n) is 11.9. The standard InChI is InChI=1S/C14H26N4/c1-12-5-4-7-14(9-12,11-15)17(2)10-13-6-8-18(3)16-13/h6,8,12H,4-5,7,9-11,15H2,1-3H3. The van der Waals surface area contributed by atoms with Crippen LogP contribution in [0.1, 0.15) is 38.3 Å². The first-order chi connectivity index (χ1) is 8.55. The summed E-state index contributed by atoms with van der Waals surface area (Å²) in [5, 5.41) is 4.46. The van der Waals surface area contributed by atoms with E-state index in [0.717, 1.165) is 24.7 Å². The van der Waals surface area contributed by atoms with E-state index in [0.29, 0.717) is 0 Å². The average molecular weight is 250 g/mol. The molecule has 0 bridgehead atoms. The van der Waals surface area contributed by atoms with Crippen molar-refractivity contribution in [1.29, 1.82) is 0 Å². The predicted molar refractivity (Wildman–Crippen MR) is 74.1 cm³/mol. The van der Waals surface area contributed by atoms with Crippen molar-refractivity contribution in [2.45, 2.75) is 44.7 Å². The summed E-state index contributed by atoms with van der Waals surface area (Å²) in [4.78, 5) is 2.42. The van der Waals surface area contributed by atoms with Crippen LogP contribution in [0.2, 0.25) is 0 Å². The summed E-state index contributed by atoms with van der Waals surface area (Å²) in [7, 11) is 4.16. The van der Waals surface area contributed by atoms with Gasteiger partial charge in [-0.3, -0.25) is 9.58 Å². The Kier molecular flexibility index (Phi) is 4.07. The van der Waals surface area contributed by atoms with Gasteiger partial charge in [0.25, 0.3) is 0 Å². The van der Waals surface area contributed by atoms with Crippen LogP contribution in [0.3, 0.4) is 0 Å². The van der Waals surface area contributed by atoms with Crippen molar-refractivity contribution < 1.29 is 0 Å². The van der Waals surface area contributed by atoms with Crippen molar-refractivity contribution in [3.63, 3.8) is 0 Å². The van der Waals surface area contributed by atoms with Crippen molar-refractivity contribution >= 4 is 0 Å². The Bertz CT molecular complexity index is 387. The van der Waals surface area contributed by atoms with Crippen LogP contribution in [0.15, 0.2) is 12.3 Å². The maximum atomic E-state index is 6.09. The molecule has 1 fully saturated rings. The fourth-order valence-electron chi connectivity index (χ4n) is 3.28. The molecular weight excluding hydrogens is 224 g/mol. The molecule has 1 heterocycles. The Morgan fingerprint density at radius 3 is 2.94 bits per heavy atom. The first kappa shape index (κ1) is 13.6. The molecule has 18 heavy (non-hydrogen) atoms. The van der Waals surface area contributed by atoms with E-state index >= 15 is 0 Å². The van der Waals surface area contributed by atoms with Gasteiger partial charge >= 0.3 is 0 Å². The molecule has 2 rings (SSSR count). The molecule has 2 unspecified atom stereocenters. The molecule has 0 aromatic carbocycles. The molecule has 0 radical (unpaired) electrons.